The van der Waals surface area contributed by atoms with Crippen molar-refractivity contribution in [3.63, 3.8) is 0 Å². The molecule has 0 radical (unpaired) electrons. The molecule has 8 nitrogen and oxygen atoms in total. The Labute approximate surface area is 122 Å². The van der Waals surface area contributed by atoms with Gasteiger partial charge in [-0.25, -0.2) is 0 Å². The Hall–Kier alpha value is -1.54. The van der Waals surface area contributed by atoms with Gasteiger partial charge in [0.05, 0.1) is 0 Å². The van der Waals surface area contributed by atoms with E-state index in [1.807, 2.05) is 0 Å². The van der Waals surface area contributed by atoms with Gasteiger partial charge in [-0.05, 0) is 6.42 Å². The van der Waals surface area contributed by atoms with Crippen molar-refractivity contribution in [2.24, 2.45) is 0 Å². The first-order valence-electron chi connectivity index (χ1n) is 5.48. The predicted molar refractivity (Wildman–Crippen MR) is 56.1 cm³/mol. The Morgan fingerprint density at radius 1 is 0.842 bits per heavy atom. The molecule has 108 valence electrons. The van der Waals surface area contributed by atoms with Crippen molar-refractivity contribution in [3.8, 4) is 0 Å². The number of aromatic nitrogens is 4. The predicted octanol–water partition coefficient (Wildman–Crippen LogP) is -6.72. The molecule has 19 heavy (non-hydrogen) atoms. The quantitative estimate of drug-likeness (QED) is 0.405. The summed E-state index contributed by atoms with van der Waals surface area (Å²) in [7, 11) is 0. The van der Waals surface area contributed by atoms with E-state index in [1.165, 1.54) is 0 Å². The fraction of sp³-hybridized carbons (Fsp3) is 0.556. The zero-order valence-corrected chi connectivity index (χ0v) is 11.7. The maximum absolute atomic E-state index is 5.40. The summed E-state index contributed by atoms with van der Waals surface area (Å²) >= 11 is 0. The standard InChI is InChI=1S/C9H16N6O2.2ClH/c10-8-6-14(12-16-8)4-2-1-3-5-15-7-9(11)17-13-15;;/h6-7H,1-5,10-11H2;2*1H/q+2;;/p-2. The van der Waals surface area contributed by atoms with Crippen molar-refractivity contribution >= 4 is 11.8 Å². The number of nitrogens with zero attached hydrogens (tertiary/aromatic N) is 4. The van der Waals surface area contributed by atoms with Gasteiger partial charge in [0.1, 0.15) is 0 Å². The van der Waals surface area contributed by atoms with Crippen LogP contribution in [0.15, 0.2) is 21.4 Å². The van der Waals surface area contributed by atoms with Gasteiger partial charge in [0.15, 0.2) is 13.1 Å². The van der Waals surface area contributed by atoms with Crippen LogP contribution in [0.1, 0.15) is 19.3 Å². The molecule has 10 heteroatoms. The van der Waals surface area contributed by atoms with Gasteiger partial charge in [-0.15, -0.1) is 0 Å². The van der Waals surface area contributed by atoms with Crippen LogP contribution in [0, 0.1) is 0 Å². The molecule has 0 aliphatic rings. The lowest BCUT2D eigenvalue weighted by Crippen LogP contribution is -3.00. The second-order valence-electron chi connectivity index (χ2n) is 3.80. The number of rotatable bonds is 6. The van der Waals surface area contributed by atoms with Crippen LogP contribution in [-0.2, 0) is 13.1 Å². The first-order chi connectivity index (χ1) is 8.24. The zero-order chi connectivity index (χ0) is 12.1. The number of aryl methyl sites for hydroxylation is 2. The minimum absolute atomic E-state index is 0. The van der Waals surface area contributed by atoms with Crippen molar-refractivity contribution in [3.05, 3.63) is 12.4 Å². The number of nitrogens with two attached hydrogens (primary N) is 2. The molecule has 2 heterocycles. The molecule has 2 aromatic heterocycles. The van der Waals surface area contributed by atoms with Crippen LogP contribution in [0.4, 0.5) is 11.8 Å². The van der Waals surface area contributed by atoms with E-state index in [0.29, 0.717) is 11.8 Å². The highest BCUT2D eigenvalue weighted by molar-refractivity contribution is 5.11. The third-order valence-electron chi connectivity index (χ3n) is 2.33. The van der Waals surface area contributed by atoms with E-state index in [0.717, 1.165) is 32.4 Å². The van der Waals surface area contributed by atoms with Crippen LogP contribution in [0.25, 0.3) is 0 Å². The molecule has 4 N–H and O–H groups in total. The summed E-state index contributed by atoms with van der Waals surface area (Å²) in [6.07, 6.45) is 6.41. The first-order valence-corrected chi connectivity index (χ1v) is 5.48. The molecule has 0 aromatic carbocycles. The lowest BCUT2D eigenvalue weighted by Gasteiger charge is -1.90. The number of hydrogen-bond donors (Lipinski definition) is 2. The van der Waals surface area contributed by atoms with Gasteiger partial charge >= 0.3 is 0 Å². The van der Waals surface area contributed by atoms with Crippen LogP contribution in [-0.4, -0.2) is 10.5 Å². The SMILES string of the molecule is Nc1c[n+](CCCCC[n+]2cc(N)on2)no1.[Cl-].[Cl-]. The van der Waals surface area contributed by atoms with Gasteiger partial charge in [0.2, 0.25) is 10.5 Å². The van der Waals surface area contributed by atoms with Gasteiger partial charge in [-0.1, -0.05) is 9.36 Å². The topological polar surface area (TPSA) is 112 Å². The van der Waals surface area contributed by atoms with E-state index in [4.69, 9.17) is 20.5 Å². The Kier molecular flexibility index (Phi) is 7.85. The Bertz CT molecular complexity index is 432. The summed E-state index contributed by atoms with van der Waals surface area (Å²) in [4.78, 5) is 0. The highest BCUT2D eigenvalue weighted by atomic mass is 35.5. The molecule has 2 rings (SSSR count). The molecule has 0 atom stereocenters. The third kappa shape index (κ3) is 5.75. The number of unbranched alkanes of at least 4 members (excludes halogenated alkanes) is 2. The van der Waals surface area contributed by atoms with Crippen LogP contribution >= 0.6 is 0 Å². The summed E-state index contributed by atoms with van der Waals surface area (Å²) in [6.45, 7) is 1.60. The van der Waals surface area contributed by atoms with Crippen molar-refractivity contribution in [1.82, 2.24) is 10.5 Å². The minimum atomic E-state index is 0. The summed E-state index contributed by atoms with van der Waals surface area (Å²) in [5.74, 6) is 0.664. The largest absolute Gasteiger partial charge is 1.00 e. The number of halogens is 2. The van der Waals surface area contributed by atoms with E-state index < -0.39 is 0 Å². The van der Waals surface area contributed by atoms with Crippen LogP contribution in [0.2, 0.25) is 0 Å². The van der Waals surface area contributed by atoms with Crippen LogP contribution < -0.4 is 45.6 Å². The second kappa shape index (κ2) is 8.54. The normalized spacial score (nSPS) is 9.68. The molecule has 0 fully saturated rings. The molecular formula is C9H16Cl2N6O2. The Balaban J connectivity index is 0.00000162. The molecule has 0 aliphatic carbocycles. The van der Waals surface area contributed by atoms with Gasteiger partial charge in [-0.3, -0.25) is 9.05 Å². The highest BCUT2D eigenvalue weighted by Gasteiger charge is 2.10. The molecule has 0 aliphatic heterocycles. The highest BCUT2D eigenvalue weighted by Crippen LogP contribution is 1.97. The second-order valence-corrected chi connectivity index (χ2v) is 3.80. The molecule has 0 bridgehead atoms. The minimum Gasteiger partial charge on any atom is -1.00 e. The summed E-state index contributed by atoms with van der Waals surface area (Å²) in [5, 5.41) is 7.48. The molecular weight excluding hydrogens is 295 g/mol. The van der Waals surface area contributed by atoms with Crippen molar-refractivity contribution < 1.29 is 43.2 Å². The smallest absolute Gasteiger partial charge is 0.293 e. The number of anilines is 2. The maximum atomic E-state index is 5.40. The van der Waals surface area contributed by atoms with E-state index >= 15 is 0 Å². The van der Waals surface area contributed by atoms with E-state index in [1.54, 1.807) is 21.8 Å². The van der Waals surface area contributed by atoms with E-state index in [9.17, 15) is 0 Å². The zero-order valence-electron chi connectivity index (χ0n) is 10.2. The van der Waals surface area contributed by atoms with Gasteiger partial charge in [-0.2, -0.15) is 0 Å². The molecule has 0 spiro atoms. The lowest BCUT2D eigenvalue weighted by atomic mass is 10.2. The maximum Gasteiger partial charge on any atom is 0.293 e. The Morgan fingerprint density at radius 2 is 1.26 bits per heavy atom. The number of nitrogen functional groups attached to an aromatic ring is 2. The van der Waals surface area contributed by atoms with Gasteiger partial charge < -0.3 is 36.3 Å². The van der Waals surface area contributed by atoms with Gasteiger partial charge in [0, 0.05) is 12.8 Å². The van der Waals surface area contributed by atoms with Crippen LogP contribution in [0.5, 0.6) is 0 Å². The first kappa shape index (κ1) is 17.5. The van der Waals surface area contributed by atoms with Crippen molar-refractivity contribution in [2.75, 3.05) is 11.5 Å². The van der Waals surface area contributed by atoms with Crippen molar-refractivity contribution in [2.45, 2.75) is 32.4 Å². The van der Waals surface area contributed by atoms with Crippen LogP contribution in [0.3, 0.4) is 0 Å². The fourth-order valence-electron chi connectivity index (χ4n) is 1.52. The fourth-order valence-corrected chi connectivity index (χ4v) is 1.52. The van der Waals surface area contributed by atoms with Gasteiger partial charge in [0.25, 0.3) is 24.2 Å². The lowest BCUT2D eigenvalue weighted by molar-refractivity contribution is -0.765. The molecule has 0 unspecified atom stereocenters. The summed E-state index contributed by atoms with van der Waals surface area (Å²) in [6, 6.07) is 0. The summed E-state index contributed by atoms with van der Waals surface area (Å²) in [5.41, 5.74) is 10.8. The van der Waals surface area contributed by atoms with E-state index in [2.05, 4.69) is 10.5 Å². The molecule has 0 saturated heterocycles. The Morgan fingerprint density at radius 3 is 1.58 bits per heavy atom. The monoisotopic (exact) mass is 310 g/mol. The summed E-state index contributed by atoms with van der Waals surface area (Å²) < 4.78 is 12.9. The van der Waals surface area contributed by atoms with E-state index in [-0.39, 0.29) is 24.8 Å². The average Bonchev–Trinajstić information content (AvgIpc) is 2.88. The third-order valence-corrected chi connectivity index (χ3v) is 2.33. The number of hydrogen-bond acceptors (Lipinski definition) is 6. The average molecular weight is 311 g/mol. The molecule has 0 saturated carbocycles. The molecule has 2 aromatic rings. The van der Waals surface area contributed by atoms with Crippen molar-refractivity contribution in [1.29, 1.82) is 0 Å². The molecule has 0 amide bonds.